The first-order chi connectivity index (χ1) is 13.7. The van der Waals surface area contributed by atoms with E-state index in [1.165, 1.54) is 17.7 Å². The van der Waals surface area contributed by atoms with Gasteiger partial charge in [0.2, 0.25) is 17.6 Å². The molecular formula is C22H22FN3O2. The zero-order valence-electron chi connectivity index (χ0n) is 15.6. The highest BCUT2D eigenvalue weighted by Crippen LogP contribution is 2.28. The lowest BCUT2D eigenvalue weighted by Gasteiger charge is -2.31. The Morgan fingerprint density at radius 2 is 1.93 bits per heavy atom. The van der Waals surface area contributed by atoms with E-state index in [1.54, 1.807) is 12.1 Å². The molecule has 1 fully saturated rings. The van der Waals surface area contributed by atoms with E-state index in [1.807, 2.05) is 35.2 Å². The molecule has 3 aromatic rings. The first kappa shape index (κ1) is 18.3. The Labute approximate surface area is 163 Å². The van der Waals surface area contributed by atoms with Crippen molar-refractivity contribution < 1.29 is 13.7 Å². The second-order valence-electron chi connectivity index (χ2n) is 7.13. The predicted octanol–water partition coefficient (Wildman–Crippen LogP) is 4.21. The maximum atomic E-state index is 13.1. The van der Waals surface area contributed by atoms with Gasteiger partial charge in [-0.2, -0.15) is 4.98 Å². The largest absolute Gasteiger partial charge is 0.342 e. The third-order valence-corrected chi connectivity index (χ3v) is 5.14. The van der Waals surface area contributed by atoms with Crippen LogP contribution in [0.3, 0.4) is 0 Å². The molecule has 1 atom stereocenters. The van der Waals surface area contributed by atoms with E-state index < -0.39 is 0 Å². The van der Waals surface area contributed by atoms with Gasteiger partial charge < -0.3 is 9.42 Å². The molecule has 0 bridgehead atoms. The van der Waals surface area contributed by atoms with E-state index in [0.717, 1.165) is 25.8 Å². The van der Waals surface area contributed by atoms with Crippen LogP contribution in [0.1, 0.15) is 36.6 Å². The lowest BCUT2D eigenvalue weighted by Crippen LogP contribution is -2.39. The van der Waals surface area contributed by atoms with Gasteiger partial charge in [0.15, 0.2) is 0 Å². The summed E-state index contributed by atoms with van der Waals surface area (Å²) in [6, 6.07) is 16.1. The molecule has 5 nitrogen and oxygen atoms in total. The van der Waals surface area contributed by atoms with Gasteiger partial charge >= 0.3 is 0 Å². The molecule has 0 radical (unpaired) electrons. The summed E-state index contributed by atoms with van der Waals surface area (Å²) in [7, 11) is 0. The lowest BCUT2D eigenvalue weighted by atomic mass is 9.97. The van der Waals surface area contributed by atoms with Crippen LogP contribution in [0.15, 0.2) is 59.1 Å². The molecular weight excluding hydrogens is 357 g/mol. The minimum absolute atomic E-state index is 0.0381. The first-order valence-corrected chi connectivity index (χ1v) is 9.60. The molecule has 1 aliphatic heterocycles. The van der Waals surface area contributed by atoms with Crippen molar-refractivity contribution in [2.75, 3.05) is 13.1 Å². The highest BCUT2D eigenvalue weighted by atomic mass is 19.1. The van der Waals surface area contributed by atoms with Crippen LogP contribution in [0, 0.1) is 5.82 Å². The van der Waals surface area contributed by atoms with Gasteiger partial charge in [0.25, 0.3) is 0 Å². The number of carbonyl (C=O) groups excluding carboxylic acids is 1. The van der Waals surface area contributed by atoms with E-state index in [9.17, 15) is 9.18 Å². The third-order valence-electron chi connectivity index (χ3n) is 5.14. The number of nitrogens with zero attached hydrogens (tertiary/aromatic N) is 3. The SMILES string of the molecule is O=C(CCc1ccccc1)N1CCCC(c2nc(-c3ccc(F)cc3)no2)C1. The fraction of sp³-hybridized carbons (Fsp3) is 0.318. The molecule has 1 aliphatic rings. The van der Waals surface area contributed by atoms with Crippen LogP contribution in [0.4, 0.5) is 4.39 Å². The van der Waals surface area contributed by atoms with Gasteiger partial charge in [-0.3, -0.25) is 4.79 Å². The Morgan fingerprint density at radius 3 is 2.71 bits per heavy atom. The van der Waals surface area contributed by atoms with Gasteiger partial charge in [-0.25, -0.2) is 4.39 Å². The molecule has 6 heteroatoms. The van der Waals surface area contributed by atoms with Crippen molar-refractivity contribution in [1.29, 1.82) is 0 Å². The zero-order valence-corrected chi connectivity index (χ0v) is 15.6. The molecule has 1 aromatic heterocycles. The fourth-order valence-corrected chi connectivity index (χ4v) is 3.58. The minimum atomic E-state index is -0.301. The molecule has 0 aliphatic carbocycles. The smallest absolute Gasteiger partial charge is 0.231 e. The summed E-state index contributed by atoms with van der Waals surface area (Å²) in [4.78, 5) is 19.0. The molecule has 1 unspecified atom stereocenters. The average Bonchev–Trinajstić information content (AvgIpc) is 3.24. The monoisotopic (exact) mass is 379 g/mol. The number of aryl methyl sites for hydroxylation is 1. The number of rotatable bonds is 5. The molecule has 2 aromatic carbocycles. The third kappa shape index (κ3) is 4.27. The topological polar surface area (TPSA) is 59.2 Å². The number of benzene rings is 2. The van der Waals surface area contributed by atoms with Crippen LogP contribution < -0.4 is 0 Å². The molecule has 0 N–H and O–H groups in total. The van der Waals surface area contributed by atoms with Gasteiger partial charge in [0.05, 0.1) is 5.92 Å². The number of amides is 1. The van der Waals surface area contributed by atoms with Crippen LogP contribution >= 0.6 is 0 Å². The summed E-state index contributed by atoms with van der Waals surface area (Å²) in [6.07, 6.45) is 3.07. The number of likely N-dealkylation sites (tertiary alicyclic amines) is 1. The standard InChI is InChI=1S/C22H22FN3O2/c23-19-11-9-17(10-12-19)21-24-22(28-25-21)18-7-4-14-26(15-18)20(27)13-8-16-5-2-1-3-6-16/h1-3,5-6,9-12,18H,4,7-8,13-15H2. The second-order valence-corrected chi connectivity index (χ2v) is 7.13. The predicted molar refractivity (Wildman–Crippen MR) is 103 cm³/mol. The number of halogens is 1. The number of carbonyl (C=O) groups is 1. The quantitative estimate of drug-likeness (QED) is 0.666. The Balaban J connectivity index is 1.38. The number of hydrogen-bond donors (Lipinski definition) is 0. The van der Waals surface area contributed by atoms with Crippen molar-refractivity contribution in [3.8, 4) is 11.4 Å². The van der Waals surface area contributed by atoms with Crippen molar-refractivity contribution in [1.82, 2.24) is 15.0 Å². The highest BCUT2D eigenvalue weighted by molar-refractivity contribution is 5.76. The van der Waals surface area contributed by atoms with Crippen LogP contribution in [-0.2, 0) is 11.2 Å². The summed E-state index contributed by atoms with van der Waals surface area (Å²) in [5.74, 6) is 0.884. The average molecular weight is 379 g/mol. The minimum Gasteiger partial charge on any atom is -0.342 e. The Kier molecular flexibility index (Phi) is 5.46. The molecule has 2 heterocycles. The van der Waals surface area contributed by atoms with Crippen LogP contribution in [0.2, 0.25) is 0 Å². The van der Waals surface area contributed by atoms with Gasteiger partial charge in [-0.15, -0.1) is 0 Å². The summed E-state index contributed by atoms with van der Waals surface area (Å²) < 4.78 is 18.5. The molecule has 4 rings (SSSR count). The zero-order chi connectivity index (χ0) is 19.3. The normalized spacial score (nSPS) is 16.9. The van der Waals surface area contributed by atoms with E-state index in [4.69, 9.17) is 4.52 Å². The van der Waals surface area contributed by atoms with Gasteiger partial charge in [-0.1, -0.05) is 35.5 Å². The van der Waals surface area contributed by atoms with E-state index in [2.05, 4.69) is 10.1 Å². The summed E-state index contributed by atoms with van der Waals surface area (Å²) in [5, 5.41) is 4.03. The first-order valence-electron chi connectivity index (χ1n) is 9.60. The second kappa shape index (κ2) is 8.33. The van der Waals surface area contributed by atoms with Crippen LogP contribution in [0.25, 0.3) is 11.4 Å². The Hall–Kier alpha value is -3.02. The molecule has 28 heavy (non-hydrogen) atoms. The van der Waals surface area contributed by atoms with Crippen molar-refractivity contribution in [2.45, 2.75) is 31.6 Å². The van der Waals surface area contributed by atoms with Crippen LogP contribution in [-0.4, -0.2) is 34.0 Å². The number of piperidine rings is 1. The summed E-state index contributed by atoms with van der Waals surface area (Å²) in [6.45, 7) is 1.36. The van der Waals surface area contributed by atoms with Crippen molar-refractivity contribution in [3.63, 3.8) is 0 Å². The highest BCUT2D eigenvalue weighted by Gasteiger charge is 2.28. The molecule has 1 amide bonds. The number of aromatic nitrogens is 2. The van der Waals surface area contributed by atoms with Crippen molar-refractivity contribution in [3.05, 3.63) is 71.9 Å². The Bertz CT molecular complexity index is 924. The van der Waals surface area contributed by atoms with Gasteiger partial charge in [0, 0.05) is 25.1 Å². The van der Waals surface area contributed by atoms with E-state index in [-0.39, 0.29) is 17.6 Å². The Morgan fingerprint density at radius 1 is 1.14 bits per heavy atom. The maximum Gasteiger partial charge on any atom is 0.231 e. The van der Waals surface area contributed by atoms with E-state index in [0.29, 0.717) is 30.2 Å². The summed E-state index contributed by atoms with van der Waals surface area (Å²) in [5.41, 5.74) is 1.88. The lowest BCUT2D eigenvalue weighted by molar-refractivity contribution is -0.132. The maximum absolute atomic E-state index is 13.1. The van der Waals surface area contributed by atoms with Crippen molar-refractivity contribution in [2.24, 2.45) is 0 Å². The van der Waals surface area contributed by atoms with Gasteiger partial charge in [0.1, 0.15) is 5.82 Å². The molecule has 144 valence electrons. The van der Waals surface area contributed by atoms with Gasteiger partial charge in [-0.05, 0) is 49.1 Å². The molecule has 0 saturated carbocycles. The van der Waals surface area contributed by atoms with E-state index >= 15 is 0 Å². The fourth-order valence-electron chi connectivity index (χ4n) is 3.58. The number of hydrogen-bond acceptors (Lipinski definition) is 4. The van der Waals surface area contributed by atoms with Crippen molar-refractivity contribution >= 4 is 5.91 Å². The molecule has 1 saturated heterocycles. The summed E-state index contributed by atoms with van der Waals surface area (Å²) >= 11 is 0. The molecule has 0 spiro atoms. The van der Waals surface area contributed by atoms with Crippen LogP contribution in [0.5, 0.6) is 0 Å².